The Balaban J connectivity index is 0. The van der Waals surface area contributed by atoms with Crippen molar-refractivity contribution in [1.29, 1.82) is 0 Å². The molecule has 4 nitrogen and oxygen atoms in total. The first-order valence-electron chi connectivity index (χ1n) is 9.95. The van der Waals surface area contributed by atoms with Crippen LogP contribution in [-0.2, 0) is 0 Å². The van der Waals surface area contributed by atoms with Crippen molar-refractivity contribution in [3.05, 3.63) is 12.2 Å². The first-order valence-corrected chi connectivity index (χ1v) is 9.95. The summed E-state index contributed by atoms with van der Waals surface area (Å²) < 4.78 is 0. The zero-order valence-electron chi connectivity index (χ0n) is 16.1. The van der Waals surface area contributed by atoms with E-state index in [0.717, 1.165) is 6.42 Å². The molecule has 0 aliphatic heterocycles. The molecule has 0 saturated carbocycles. The number of allylic oxidation sites excluding steroid dienone is 1. The lowest BCUT2D eigenvalue weighted by molar-refractivity contribution is 0.144. The van der Waals surface area contributed by atoms with Gasteiger partial charge in [-0.2, -0.15) is 0 Å². The van der Waals surface area contributed by atoms with Crippen molar-refractivity contribution in [2.24, 2.45) is 5.73 Å². The Morgan fingerprint density at radius 2 is 1.21 bits per heavy atom. The van der Waals surface area contributed by atoms with E-state index >= 15 is 0 Å². The van der Waals surface area contributed by atoms with E-state index in [4.69, 9.17) is 15.9 Å². The predicted molar refractivity (Wildman–Crippen MR) is 104 cm³/mol. The fourth-order valence-electron chi connectivity index (χ4n) is 2.41. The molecule has 0 spiro atoms. The molecule has 0 aliphatic rings. The molecule has 4 heteroatoms. The van der Waals surface area contributed by atoms with Gasteiger partial charge in [0.15, 0.2) is 0 Å². The zero-order valence-corrected chi connectivity index (χ0v) is 16.1. The molecule has 0 radical (unpaired) electrons. The minimum atomic E-state index is -0.720. The Morgan fingerprint density at radius 1 is 0.792 bits per heavy atom. The molecule has 24 heavy (non-hydrogen) atoms. The van der Waals surface area contributed by atoms with Gasteiger partial charge in [-0.15, -0.1) is 0 Å². The quantitative estimate of drug-likeness (QED) is 0.268. The van der Waals surface area contributed by atoms with Gasteiger partial charge in [0, 0.05) is 6.61 Å². The maximum atomic E-state index is 9.52. The number of unbranched alkanes of at least 4 members (excludes halogenated alkanes) is 11. The third-order valence-electron chi connectivity index (χ3n) is 3.96. The maximum Gasteiger partial charge on any atom is 0.0894 e. The second-order valence-corrected chi connectivity index (χ2v) is 6.41. The van der Waals surface area contributed by atoms with Crippen LogP contribution in [0.1, 0.15) is 90.9 Å². The molecule has 0 fully saturated rings. The Hall–Kier alpha value is -0.420. The molecule has 0 heterocycles. The Labute approximate surface area is 150 Å². The molecule has 0 amide bonds. The number of hydrogen-bond donors (Lipinski definition) is 4. The van der Waals surface area contributed by atoms with E-state index in [0.29, 0.717) is 0 Å². The number of rotatable bonds is 15. The van der Waals surface area contributed by atoms with Crippen LogP contribution in [0.25, 0.3) is 0 Å². The van der Waals surface area contributed by atoms with Gasteiger partial charge in [-0.25, -0.2) is 0 Å². The van der Waals surface area contributed by atoms with Crippen LogP contribution in [0, 0.1) is 0 Å². The van der Waals surface area contributed by atoms with Crippen molar-refractivity contribution in [3.8, 4) is 0 Å². The molecule has 0 bridgehead atoms. The normalized spacial score (nSPS) is 13.6. The van der Waals surface area contributed by atoms with Gasteiger partial charge in [0.05, 0.1) is 18.8 Å². The van der Waals surface area contributed by atoms with Gasteiger partial charge in [0.25, 0.3) is 0 Å². The van der Waals surface area contributed by atoms with Gasteiger partial charge >= 0.3 is 0 Å². The van der Waals surface area contributed by atoms with Crippen LogP contribution in [0.3, 0.4) is 0 Å². The van der Waals surface area contributed by atoms with E-state index in [2.05, 4.69) is 6.92 Å². The van der Waals surface area contributed by atoms with Crippen molar-refractivity contribution in [2.45, 2.75) is 103 Å². The van der Waals surface area contributed by atoms with Crippen molar-refractivity contribution >= 4 is 0 Å². The molecule has 5 N–H and O–H groups in total. The summed E-state index contributed by atoms with van der Waals surface area (Å²) in [5.74, 6) is 0. The van der Waals surface area contributed by atoms with Crippen molar-refractivity contribution in [3.63, 3.8) is 0 Å². The highest BCUT2D eigenvalue weighted by atomic mass is 16.3. The fourth-order valence-corrected chi connectivity index (χ4v) is 2.41. The third kappa shape index (κ3) is 21.6. The molecule has 0 rings (SSSR count). The lowest BCUT2D eigenvalue weighted by Gasteiger charge is -2.11. The van der Waals surface area contributed by atoms with Crippen molar-refractivity contribution < 1.29 is 15.3 Å². The van der Waals surface area contributed by atoms with E-state index in [9.17, 15) is 5.11 Å². The van der Waals surface area contributed by atoms with Crippen LogP contribution >= 0.6 is 0 Å². The van der Waals surface area contributed by atoms with E-state index in [-0.39, 0.29) is 13.2 Å². The molecule has 146 valence electrons. The van der Waals surface area contributed by atoms with E-state index in [1.807, 2.05) is 6.08 Å². The lowest BCUT2D eigenvalue weighted by atomic mass is 10.0. The third-order valence-corrected chi connectivity index (χ3v) is 3.96. The summed E-state index contributed by atoms with van der Waals surface area (Å²) in [7, 11) is 0. The van der Waals surface area contributed by atoms with Gasteiger partial charge < -0.3 is 21.1 Å². The minimum absolute atomic E-state index is 0.177. The topological polar surface area (TPSA) is 86.7 Å². The van der Waals surface area contributed by atoms with Crippen LogP contribution < -0.4 is 5.73 Å². The first-order chi connectivity index (χ1) is 11.6. The van der Waals surface area contributed by atoms with Crippen molar-refractivity contribution in [2.75, 3.05) is 13.2 Å². The van der Waals surface area contributed by atoms with Gasteiger partial charge in [-0.05, 0) is 19.8 Å². The Bertz CT molecular complexity index is 247. The number of aliphatic hydroxyl groups excluding tert-OH is 3. The lowest BCUT2D eigenvalue weighted by Crippen LogP contribution is -2.36. The maximum absolute atomic E-state index is 9.52. The predicted octanol–water partition coefficient (Wildman–Crippen LogP) is 3.92. The average Bonchev–Trinajstić information content (AvgIpc) is 2.58. The summed E-state index contributed by atoms with van der Waals surface area (Å²) in [5, 5.41) is 25.9. The SMILES string of the molecule is CCCCCCCCCCCCC/C=C/C(O)C(N)CO.CCO. The molecule has 0 saturated heterocycles. The minimum Gasteiger partial charge on any atom is -0.397 e. The Morgan fingerprint density at radius 3 is 1.62 bits per heavy atom. The molecule has 0 aromatic heterocycles. The van der Waals surface area contributed by atoms with E-state index in [1.165, 1.54) is 70.6 Å². The monoisotopic (exact) mass is 345 g/mol. The summed E-state index contributed by atoms with van der Waals surface area (Å²) in [4.78, 5) is 0. The van der Waals surface area contributed by atoms with Gasteiger partial charge in [-0.3, -0.25) is 0 Å². The molecule has 0 aromatic rings. The molecule has 0 aromatic carbocycles. The highest BCUT2D eigenvalue weighted by molar-refractivity contribution is 4.93. The van der Waals surface area contributed by atoms with E-state index in [1.54, 1.807) is 13.0 Å². The largest absolute Gasteiger partial charge is 0.397 e. The summed E-state index contributed by atoms with van der Waals surface area (Å²) in [6.07, 6.45) is 18.8. The highest BCUT2D eigenvalue weighted by Crippen LogP contribution is 2.12. The Kier molecular flexibility index (Phi) is 24.3. The van der Waals surface area contributed by atoms with E-state index < -0.39 is 12.1 Å². The van der Waals surface area contributed by atoms with Crippen molar-refractivity contribution in [1.82, 2.24) is 0 Å². The standard InChI is InChI=1S/C18H37NO2.C2H6O/c1-2-3-4-5-6-7-8-9-10-11-12-13-14-15-18(21)17(19)16-20;1-2-3/h14-15,17-18,20-21H,2-13,16,19H2,1H3;3H,2H2,1H3/b15-14+;. The average molecular weight is 346 g/mol. The smallest absolute Gasteiger partial charge is 0.0894 e. The van der Waals surface area contributed by atoms with Crippen LogP contribution in [0.2, 0.25) is 0 Å². The molecular formula is C20H43NO3. The summed E-state index contributed by atoms with van der Waals surface area (Å²) >= 11 is 0. The van der Waals surface area contributed by atoms with Crippen LogP contribution in [-0.4, -0.2) is 40.7 Å². The number of aliphatic hydroxyl groups is 3. The number of nitrogens with two attached hydrogens (primary N) is 1. The highest BCUT2D eigenvalue weighted by Gasteiger charge is 2.08. The molecule has 2 unspecified atom stereocenters. The van der Waals surface area contributed by atoms with Gasteiger partial charge in [0.1, 0.15) is 0 Å². The number of hydrogen-bond acceptors (Lipinski definition) is 4. The second kappa shape index (κ2) is 22.6. The molecular weight excluding hydrogens is 302 g/mol. The van der Waals surface area contributed by atoms with Crippen LogP contribution in [0.5, 0.6) is 0 Å². The van der Waals surface area contributed by atoms with Crippen LogP contribution in [0.4, 0.5) is 0 Å². The zero-order chi connectivity index (χ0) is 18.5. The van der Waals surface area contributed by atoms with Gasteiger partial charge in [0.2, 0.25) is 0 Å². The summed E-state index contributed by atoms with van der Waals surface area (Å²) in [6.45, 7) is 4.01. The fraction of sp³-hybridized carbons (Fsp3) is 0.900. The molecule has 0 aliphatic carbocycles. The summed E-state index contributed by atoms with van der Waals surface area (Å²) in [5.41, 5.74) is 5.51. The van der Waals surface area contributed by atoms with Crippen LogP contribution in [0.15, 0.2) is 12.2 Å². The van der Waals surface area contributed by atoms with Gasteiger partial charge in [-0.1, -0.05) is 83.3 Å². The summed E-state index contributed by atoms with van der Waals surface area (Å²) in [6, 6.07) is -0.557. The second-order valence-electron chi connectivity index (χ2n) is 6.41. The first kappa shape index (κ1) is 25.8. The molecule has 2 atom stereocenters.